The Bertz CT molecular complexity index is 1310. The van der Waals surface area contributed by atoms with Gasteiger partial charge in [0.15, 0.2) is 0 Å². The second-order valence-electron chi connectivity index (χ2n) is 9.26. The highest BCUT2D eigenvalue weighted by atomic mass is 32.1. The normalized spacial score (nSPS) is 12.3. The fourth-order valence-corrected chi connectivity index (χ4v) is 4.57. The molecule has 4 aromatic rings. The molecular weight excluding hydrogens is 462 g/mol. The molecule has 2 heterocycles. The van der Waals surface area contributed by atoms with E-state index in [2.05, 4.69) is 15.6 Å². The Labute approximate surface area is 208 Å². The molecule has 4 rings (SSSR count). The highest BCUT2D eigenvalue weighted by molar-refractivity contribution is 7.09. The van der Waals surface area contributed by atoms with Gasteiger partial charge in [0, 0.05) is 10.4 Å². The fraction of sp³-hybridized carbons (Fsp3) is 0.308. The van der Waals surface area contributed by atoms with E-state index in [0.717, 1.165) is 10.4 Å². The van der Waals surface area contributed by atoms with Crippen LogP contribution in [0.2, 0.25) is 0 Å². The van der Waals surface area contributed by atoms with Crippen molar-refractivity contribution < 1.29 is 14.3 Å². The third kappa shape index (κ3) is 5.86. The van der Waals surface area contributed by atoms with E-state index >= 15 is 0 Å². The average molecular weight is 492 g/mol. The first-order valence-electron chi connectivity index (χ1n) is 11.3. The number of hydrogen-bond donors (Lipinski definition) is 1. The first kappa shape index (κ1) is 24.4. The highest BCUT2D eigenvalue weighted by Crippen LogP contribution is 2.29. The van der Waals surface area contributed by atoms with Gasteiger partial charge < -0.3 is 15.0 Å². The van der Waals surface area contributed by atoms with Crippen LogP contribution < -0.4 is 10.1 Å². The van der Waals surface area contributed by atoms with Crippen molar-refractivity contribution in [2.75, 3.05) is 7.11 Å². The van der Waals surface area contributed by atoms with Gasteiger partial charge in [-0.1, -0.05) is 35.5 Å². The lowest BCUT2D eigenvalue weighted by molar-refractivity contribution is -0.142. The summed E-state index contributed by atoms with van der Waals surface area (Å²) in [5.41, 5.74) is 1.65. The number of thiophene rings is 1. The van der Waals surface area contributed by atoms with Gasteiger partial charge in [-0.25, -0.2) is 4.68 Å². The molecule has 0 fully saturated rings. The van der Waals surface area contributed by atoms with Gasteiger partial charge in [-0.3, -0.25) is 9.59 Å². The standard InChI is InChI=1S/C26H29N5O3S/c1-26(2,3)27-25(33)24(18-9-7-10-19(15-18)34-4)30(16-20-11-8-14-35-20)23(32)17-31-22-13-6-5-12-21(22)28-29-31/h5-15,24H,16-17H2,1-4H3,(H,27,33)/t24-/m0/s1. The molecule has 9 heteroatoms. The Hall–Kier alpha value is -3.72. The Morgan fingerprint density at radius 1 is 1.11 bits per heavy atom. The summed E-state index contributed by atoms with van der Waals surface area (Å²) in [6.07, 6.45) is 0. The summed E-state index contributed by atoms with van der Waals surface area (Å²) in [6.45, 7) is 5.99. The van der Waals surface area contributed by atoms with Crippen LogP contribution in [0.5, 0.6) is 5.75 Å². The number of para-hydroxylation sites is 1. The number of methoxy groups -OCH3 is 1. The summed E-state index contributed by atoms with van der Waals surface area (Å²) < 4.78 is 6.98. The topological polar surface area (TPSA) is 89.4 Å². The van der Waals surface area contributed by atoms with Crippen molar-refractivity contribution >= 4 is 34.2 Å². The van der Waals surface area contributed by atoms with Crippen molar-refractivity contribution in [3.05, 3.63) is 76.5 Å². The summed E-state index contributed by atoms with van der Waals surface area (Å²) in [5, 5.41) is 13.4. The Kier molecular flexibility index (Phi) is 7.16. The van der Waals surface area contributed by atoms with E-state index < -0.39 is 11.6 Å². The van der Waals surface area contributed by atoms with Gasteiger partial charge in [0.05, 0.1) is 19.2 Å². The van der Waals surface area contributed by atoms with Crippen molar-refractivity contribution in [3.8, 4) is 5.75 Å². The molecule has 182 valence electrons. The first-order chi connectivity index (χ1) is 16.7. The lowest BCUT2D eigenvalue weighted by Crippen LogP contribution is -2.49. The number of carbonyl (C=O) groups excluding carboxylic acids is 2. The average Bonchev–Trinajstić information content (AvgIpc) is 3.48. The van der Waals surface area contributed by atoms with E-state index in [1.165, 1.54) is 11.3 Å². The zero-order chi connectivity index (χ0) is 25.0. The minimum atomic E-state index is -0.867. The lowest BCUT2D eigenvalue weighted by Gasteiger charge is -2.33. The molecule has 0 aliphatic rings. The lowest BCUT2D eigenvalue weighted by atomic mass is 10.0. The van der Waals surface area contributed by atoms with Crippen LogP contribution in [0.4, 0.5) is 0 Å². The van der Waals surface area contributed by atoms with Crippen molar-refractivity contribution in [3.63, 3.8) is 0 Å². The second kappa shape index (κ2) is 10.3. The molecule has 0 aliphatic carbocycles. The number of fused-ring (bicyclic) bond motifs is 1. The van der Waals surface area contributed by atoms with E-state index in [9.17, 15) is 9.59 Å². The van der Waals surface area contributed by atoms with Crippen LogP contribution >= 0.6 is 11.3 Å². The minimum Gasteiger partial charge on any atom is -0.497 e. The zero-order valence-corrected chi connectivity index (χ0v) is 21.1. The SMILES string of the molecule is COc1cccc([C@@H](C(=O)NC(C)(C)C)N(Cc2cccs2)C(=O)Cn2nnc3ccccc32)c1. The van der Waals surface area contributed by atoms with Gasteiger partial charge in [-0.05, 0) is 62.0 Å². The monoisotopic (exact) mass is 491 g/mol. The van der Waals surface area contributed by atoms with Crippen molar-refractivity contribution in [1.29, 1.82) is 0 Å². The molecule has 1 N–H and O–H groups in total. The van der Waals surface area contributed by atoms with Gasteiger partial charge in [0.1, 0.15) is 23.9 Å². The van der Waals surface area contributed by atoms with Gasteiger partial charge in [-0.2, -0.15) is 0 Å². The number of carbonyl (C=O) groups is 2. The molecule has 0 aliphatic heterocycles. The van der Waals surface area contributed by atoms with Crippen molar-refractivity contribution in [2.45, 2.75) is 45.4 Å². The summed E-state index contributed by atoms with van der Waals surface area (Å²) in [5.74, 6) is 0.104. The van der Waals surface area contributed by atoms with Crippen LogP contribution in [0.1, 0.15) is 37.3 Å². The summed E-state index contributed by atoms with van der Waals surface area (Å²) >= 11 is 1.54. The largest absolute Gasteiger partial charge is 0.497 e. The molecule has 0 bridgehead atoms. The van der Waals surface area contributed by atoms with Crippen LogP contribution in [0.15, 0.2) is 66.0 Å². The number of nitrogens with zero attached hydrogens (tertiary/aromatic N) is 4. The smallest absolute Gasteiger partial charge is 0.247 e. The van der Waals surface area contributed by atoms with E-state index in [1.54, 1.807) is 22.8 Å². The number of rotatable bonds is 8. The quantitative estimate of drug-likeness (QED) is 0.399. The van der Waals surface area contributed by atoms with Crippen LogP contribution in [-0.4, -0.2) is 44.4 Å². The molecule has 0 radical (unpaired) electrons. The maximum Gasteiger partial charge on any atom is 0.247 e. The number of benzene rings is 2. The Morgan fingerprint density at radius 2 is 1.91 bits per heavy atom. The summed E-state index contributed by atoms with van der Waals surface area (Å²) in [4.78, 5) is 30.1. The molecule has 2 amide bonds. The number of hydrogen-bond acceptors (Lipinski definition) is 6. The minimum absolute atomic E-state index is 0.0465. The number of amides is 2. The molecular formula is C26H29N5O3S. The van der Waals surface area contributed by atoms with Crippen molar-refractivity contribution in [1.82, 2.24) is 25.2 Å². The molecule has 0 spiro atoms. The number of aromatic nitrogens is 3. The summed E-state index contributed by atoms with van der Waals surface area (Å²) in [6, 6.07) is 17.8. The van der Waals surface area contributed by atoms with Crippen LogP contribution in [0, 0.1) is 0 Å². The Balaban J connectivity index is 1.76. The van der Waals surface area contributed by atoms with Crippen LogP contribution in [-0.2, 0) is 22.7 Å². The predicted octanol–water partition coefficient (Wildman–Crippen LogP) is 4.19. The highest BCUT2D eigenvalue weighted by Gasteiger charge is 2.34. The maximum atomic E-state index is 13.9. The third-order valence-corrected chi connectivity index (χ3v) is 6.26. The van der Waals surface area contributed by atoms with E-state index in [0.29, 0.717) is 16.8 Å². The molecule has 8 nitrogen and oxygen atoms in total. The maximum absolute atomic E-state index is 13.9. The fourth-order valence-electron chi connectivity index (χ4n) is 3.87. The molecule has 0 saturated heterocycles. The zero-order valence-electron chi connectivity index (χ0n) is 20.3. The number of ether oxygens (including phenoxy) is 1. The van der Waals surface area contributed by atoms with Crippen molar-refractivity contribution in [2.24, 2.45) is 0 Å². The van der Waals surface area contributed by atoms with Gasteiger partial charge in [0.25, 0.3) is 0 Å². The molecule has 1 atom stereocenters. The molecule has 2 aromatic heterocycles. The predicted molar refractivity (Wildman–Crippen MR) is 136 cm³/mol. The first-order valence-corrected chi connectivity index (χ1v) is 12.2. The number of nitrogens with one attached hydrogen (secondary N) is 1. The molecule has 0 saturated carbocycles. The van der Waals surface area contributed by atoms with E-state index in [4.69, 9.17) is 4.74 Å². The Morgan fingerprint density at radius 3 is 2.63 bits per heavy atom. The van der Waals surface area contributed by atoms with E-state index in [1.807, 2.05) is 80.7 Å². The van der Waals surface area contributed by atoms with Gasteiger partial charge in [-0.15, -0.1) is 16.4 Å². The second-order valence-corrected chi connectivity index (χ2v) is 10.3. The van der Waals surface area contributed by atoms with Crippen LogP contribution in [0.25, 0.3) is 11.0 Å². The van der Waals surface area contributed by atoms with Gasteiger partial charge >= 0.3 is 0 Å². The third-order valence-electron chi connectivity index (χ3n) is 5.40. The van der Waals surface area contributed by atoms with Gasteiger partial charge in [0.2, 0.25) is 11.8 Å². The molecule has 2 aromatic carbocycles. The summed E-state index contributed by atoms with van der Waals surface area (Å²) in [7, 11) is 1.58. The molecule has 35 heavy (non-hydrogen) atoms. The van der Waals surface area contributed by atoms with E-state index in [-0.39, 0.29) is 24.9 Å². The molecule has 0 unspecified atom stereocenters. The van der Waals surface area contributed by atoms with Crippen LogP contribution in [0.3, 0.4) is 0 Å².